The van der Waals surface area contributed by atoms with Crippen LogP contribution in [0.5, 0.6) is 0 Å². The third kappa shape index (κ3) is 4.89. The van der Waals surface area contributed by atoms with Gasteiger partial charge in [0.1, 0.15) is 11.9 Å². The summed E-state index contributed by atoms with van der Waals surface area (Å²) in [7, 11) is 1.60. The molecule has 0 bridgehead atoms. The second kappa shape index (κ2) is 10.3. The molecule has 1 fully saturated rings. The van der Waals surface area contributed by atoms with Crippen molar-refractivity contribution in [3.8, 4) is 28.5 Å². The molecular formula is C27H28N4O2. The number of benzene rings is 2. The number of rotatable bonds is 6. The molecular weight excluding hydrogens is 412 g/mol. The zero-order chi connectivity index (χ0) is 23.2. The second-order valence-electron chi connectivity index (χ2n) is 8.22. The van der Waals surface area contributed by atoms with Crippen LogP contribution >= 0.6 is 0 Å². The van der Waals surface area contributed by atoms with Gasteiger partial charge in [-0.25, -0.2) is 4.98 Å². The number of anilines is 1. The molecule has 0 spiro atoms. The zero-order valence-corrected chi connectivity index (χ0v) is 19.1. The Bertz CT molecular complexity index is 1140. The molecule has 2 aromatic carbocycles. The molecule has 1 atom stereocenters. The van der Waals surface area contributed by atoms with Gasteiger partial charge in [0.15, 0.2) is 0 Å². The topological polar surface area (TPSA) is 69.5 Å². The predicted molar refractivity (Wildman–Crippen MR) is 130 cm³/mol. The van der Waals surface area contributed by atoms with Gasteiger partial charge in [-0.2, -0.15) is 5.26 Å². The first-order valence-corrected chi connectivity index (χ1v) is 11.2. The monoisotopic (exact) mass is 440 g/mol. The number of carbonyl (C=O) groups is 1. The van der Waals surface area contributed by atoms with E-state index in [-0.39, 0.29) is 11.9 Å². The van der Waals surface area contributed by atoms with Crippen LogP contribution in [0.3, 0.4) is 0 Å². The van der Waals surface area contributed by atoms with Gasteiger partial charge in [-0.15, -0.1) is 0 Å². The number of amides is 1. The van der Waals surface area contributed by atoms with Crippen LogP contribution in [0.2, 0.25) is 0 Å². The van der Waals surface area contributed by atoms with Crippen molar-refractivity contribution in [2.24, 2.45) is 0 Å². The van der Waals surface area contributed by atoms with Gasteiger partial charge in [-0.3, -0.25) is 4.79 Å². The van der Waals surface area contributed by atoms with Crippen molar-refractivity contribution in [2.75, 3.05) is 38.3 Å². The predicted octanol–water partition coefficient (Wildman–Crippen LogP) is 4.36. The minimum absolute atomic E-state index is 0.0189. The van der Waals surface area contributed by atoms with Crippen molar-refractivity contribution in [1.29, 1.82) is 5.26 Å². The van der Waals surface area contributed by atoms with Crippen molar-refractivity contribution in [1.82, 2.24) is 9.88 Å². The number of nitriles is 1. The number of methoxy groups -OCH3 is 1. The van der Waals surface area contributed by atoms with Crippen LogP contribution in [-0.2, 0) is 9.53 Å². The summed E-state index contributed by atoms with van der Waals surface area (Å²) < 4.78 is 5.06. The molecule has 1 unspecified atom stereocenters. The van der Waals surface area contributed by atoms with Crippen molar-refractivity contribution < 1.29 is 9.53 Å². The Morgan fingerprint density at radius 2 is 1.76 bits per heavy atom. The standard InChI is InChI=1S/C27H28N4O2/c1-20-19-30(14-15-31(20)25(32)13-16-33-2)27-23(18-28)17-24(21-9-5-3-6-10-21)26(29-27)22-11-7-4-8-12-22/h3-12,17,20H,13-16,19H2,1-2H3. The highest BCUT2D eigenvalue weighted by molar-refractivity contribution is 5.84. The van der Waals surface area contributed by atoms with E-state index in [2.05, 4.69) is 11.0 Å². The average Bonchev–Trinajstić information content (AvgIpc) is 2.87. The molecule has 1 aliphatic rings. The van der Waals surface area contributed by atoms with E-state index in [1.807, 2.05) is 78.6 Å². The molecule has 1 aromatic heterocycles. The summed E-state index contributed by atoms with van der Waals surface area (Å²) in [5.74, 6) is 0.772. The smallest absolute Gasteiger partial charge is 0.225 e. The lowest BCUT2D eigenvalue weighted by molar-refractivity contribution is -0.134. The van der Waals surface area contributed by atoms with E-state index in [9.17, 15) is 10.1 Å². The van der Waals surface area contributed by atoms with Crippen molar-refractivity contribution in [3.63, 3.8) is 0 Å². The third-order valence-electron chi connectivity index (χ3n) is 6.02. The summed E-state index contributed by atoms with van der Waals surface area (Å²) in [5, 5.41) is 9.99. The number of ether oxygens (including phenoxy) is 1. The van der Waals surface area contributed by atoms with Crippen LogP contribution in [0.1, 0.15) is 18.9 Å². The van der Waals surface area contributed by atoms with Crippen LogP contribution in [0.4, 0.5) is 5.82 Å². The first-order chi connectivity index (χ1) is 16.1. The molecule has 6 nitrogen and oxygen atoms in total. The number of piperazine rings is 1. The quantitative estimate of drug-likeness (QED) is 0.570. The Labute approximate surface area is 195 Å². The first-order valence-electron chi connectivity index (χ1n) is 11.2. The Hall–Kier alpha value is -3.69. The van der Waals surface area contributed by atoms with E-state index in [1.54, 1.807) is 7.11 Å². The van der Waals surface area contributed by atoms with Crippen LogP contribution in [0.25, 0.3) is 22.4 Å². The zero-order valence-electron chi connectivity index (χ0n) is 19.1. The number of hydrogen-bond donors (Lipinski definition) is 0. The first kappa shape index (κ1) is 22.5. The molecule has 4 rings (SSSR count). The van der Waals surface area contributed by atoms with Crippen LogP contribution in [0, 0.1) is 11.3 Å². The minimum atomic E-state index is 0.0189. The fourth-order valence-corrected chi connectivity index (χ4v) is 4.33. The highest BCUT2D eigenvalue weighted by atomic mass is 16.5. The normalized spacial score (nSPS) is 15.8. The Kier molecular flexibility index (Phi) is 7.01. The lowest BCUT2D eigenvalue weighted by Crippen LogP contribution is -2.54. The number of nitrogens with zero attached hydrogens (tertiary/aromatic N) is 4. The van der Waals surface area contributed by atoms with Crippen molar-refractivity contribution >= 4 is 11.7 Å². The van der Waals surface area contributed by atoms with Gasteiger partial charge in [-0.1, -0.05) is 60.7 Å². The van der Waals surface area contributed by atoms with Crippen molar-refractivity contribution in [2.45, 2.75) is 19.4 Å². The average molecular weight is 441 g/mol. The Balaban J connectivity index is 1.71. The van der Waals surface area contributed by atoms with E-state index in [1.165, 1.54) is 0 Å². The molecule has 1 saturated heterocycles. The minimum Gasteiger partial charge on any atom is -0.384 e. The van der Waals surface area contributed by atoms with E-state index in [0.717, 1.165) is 22.4 Å². The van der Waals surface area contributed by atoms with Gasteiger partial charge in [0.25, 0.3) is 0 Å². The lowest BCUT2D eigenvalue weighted by atomic mass is 9.97. The van der Waals surface area contributed by atoms with Crippen LogP contribution in [-0.4, -0.2) is 55.2 Å². The molecule has 2 heterocycles. The maximum atomic E-state index is 12.5. The summed E-state index contributed by atoms with van der Waals surface area (Å²) in [5.41, 5.74) is 4.35. The lowest BCUT2D eigenvalue weighted by Gasteiger charge is -2.41. The van der Waals surface area contributed by atoms with Crippen LogP contribution in [0.15, 0.2) is 66.7 Å². The van der Waals surface area contributed by atoms with Gasteiger partial charge in [-0.05, 0) is 18.6 Å². The Morgan fingerprint density at radius 3 is 2.36 bits per heavy atom. The number of carbonyl (C=O) groups excluding carboxylic acids is 1. The number of aromatic nitrogens is 1. The molecule has 33 heavy (non-hydrogen) atoms. The van der Waals surface area contributed by atoms with Gasteiger partial charge in [0, 0.05) is 43.9 Å². The number of pyridine rings is 1. The highest BCUT2D eigenvalue weighted by Gasteiger charge is 2.29. The number of hydrogen-bond acceptors (Lipinski definition) is 5. The molecule has 0 saturated carbocycles. The molecule has 0 radical (unpaired) electrons. The van der Waals surface area contributed by atoms with Gasteiger partial charge >= 0.3 is 0 Å². The molecule has 0 N–H and O–H groups in total. The molecule has 3 aromatic rings. The van der Waals surface area contributed by atoms with Crippen LogP contribution < -0.4 is 4.90 Å². The molecule has 6 heteroatoms. The Morgan fingerprint density at radius 1 is 1.09 bits per heavy atom. The largest absolute Gasteiger partial charge is 0.384 e. The maximum Gasteiger partial charge on any atom is 0.225 e. The SMILES string of the molecule is COCCC(=O)N1CCN(c2nc(-c3ccccc3)c(-c3ccccc3)cc2C#N)CC1C. The van der Waals surface area contributed by atoms with Crippen molar-refractivity contribution in [3.05, 3.63) is 72.3 Å². The second-order valence-corrected chi connectivity index (χ2v) is 8.22. The summed E-state index contributed by atoms with van der Waals surface area (Å²) in [4.78, 5) is 21.6. The summed E-state index contributed by atoms with van der Waals surface area (Å²) in [6.45, 7) is 4.31. The summed E-state index contributed by atoms with van der Waals surface area (Å²) in [6.07, 6.45) is 0.381. The fraction of sp³-hybridized carbons (Fsp3) is 0.296. The van der Waals surface area contributed by atoms with E-state index in [0.29, 0.717) is 44.0 Å². The fourth-order valence-electron chi connectivity index (χ4n) is 4.33. The summed E-state index contributed by atoms with van der Waals surface area (Å²) in [6, 6.07) is 24.4. The third-order valence-corrected chi connectivity index (χ3v) is 6.02. The van der Waals surface area contributed by atoms with Gasteiger partial charge in [0.2, 0.25) is 5.91 Å². The molecule has 168 valence electrons. The highest BCUT2D eigenvalue weighted by Crippen LogP contribution is 2.35. The molecule has 1 amide bonds. The van der Waals surface area contributed by atoms with Gasteiger partial charge < -0.3 is 14.5 Å². The molecule has 0 aliphatic carbocycles. The van der Waals surface area contributed by atoms with E-state index in [4.69, 9.17) is 9.72 Å². The van der Waals surface area contributed by atoms with E-state index < -0.39 is 0 Å². The van der Waals surface area contributed by atoms with E-state index >= 15 is 0 Å². The molecule has 1 aliphatic heterocycles. The maximum absolute atomic E-state index is 12.5. The summed E-state index contributed by atoms with van der Waals surface area (Å²) >= 11 is 0. The van der Waals surface area contributed by atoms with Gasteiger partial charge in [0.05, 0.1) is 24.3 Å².